The fraction of sp³-hybridized carbons (Fsp3) is 0.444. The predicted molar refractivity (Wildman–Crippen MR) is 97.5 cm³/mol. The van der Waals surface area contributed by atoms with Crippen LogP contribution in [0.2, 0.25) is 0 Å². The Labute approximate surface area is 146 Å². The van der Waals surface area contributed by atoms with Crippen molar-refractivity contribution in [1.29, 1.82) is 0 Å². The molecule has 6 heteroatoms. The zero-order valence-corrected chi connectivity index (χ0v) is 15.1. The first-order valence-electron chi connectivity index (χ1n) is 8.14. The van der Waals surface area contributed by atoms with E-state index in [-0.39, 0.29) is 5.91 Å². The van der Waals surface area contributed by atoms with Gasteiger partial charge in [0, 0.05) is 18.1 Å². The molecular formula is C18H23N3O2S. The Morgan fingerprint density at radius 1 is 1.33 bits per heavy atom. The number of hydrogen-bond acceptors (Lipinski definition) is 5. The molecule has 0 spiro atoms. The lowest BCUT2D eigenvalue weighted by atomic mass is 9.91. The molecule has 5 nitrogen and oxygen atoms in total. The SMILES string of the molecule is COC1(C(=O)Nc2nc(-c3ccc(C)cc3C)cs2)CCNCC1. The monoisotopic (exact) mass is 345 g/mol. The summed E-state index contributed by atoms with van der Waals surface area (Å²) >= 11 is 1.44. The van der Waals surface area contributed by atoms with E-state index in [4.69, 9.17) is 4.74 Å². The third-order valence-electron chi connectivity index (χ3n) is 4.60. The Balaban J connectivity index is 1.77. The molecule has 0 atom stereocenters. The van der Waals surface area contributed by atoms with Crippen LogP contribution in [-0.2, 0) is 9.53 Å². The highest BCUT2D eigenvalue weighted by Gasteiger charge is 2.40. The first kappa shape index (κ1) is 17.1. The van der Waals surface area contributed by atoms with Gasteiger partial charge in [0.1, 0.15) is 5.60 Å². The number of aryl methyl sites for hydroxylation is 2. The molecule has 0 aliphatic carbocycles. The molecule has 2 heterocycles. The number of nitrogens with one attached hydrogen (secondary N) is 2. The number of hydrogen-bond donors (Lipinski definition) is 2. The molecule has 1 aliphatic heterocycles. The van der Waals surface area contributed by atoms with Crippen molar-refractivity contribution >= 4 is 22.4 Å². The van der Waals surface area contributed by atoms with Crippen molar-refractivity contribution in [3.05, 3.63) is 34.7 Å². The number of carbonyl (C=O) groups is 1. The maximum atomic E-state index is 12.7. The van der Waals surface area contributed by atoms with Gasteiger partial charge in [0.15, 0.2) is 5.13 Å². The molecule has 1 fully saturated rings. The van der Waals surface area contributed by atoms with Crippen LogP contribution in [0, 0.1) is 13.8 Å². The van der Waals surface area contributed by atoms with Gasteiger partial charge >= 0.3 is 0 Å². The number of thiazole rings is 1. The van der Waals surface area contributed by atoms with E-state index in [1.54, 1.807) is 7.11 Å². The zero-order chi connectivity index (χ0) is 17.2. The van der Waals surface area contributed by atoms with E-state index in [9.17, 15) is 4.79 Å². The van der Waals surface area contributed by atoms with Gasteiger partial charge in [-0.15, -0.1) is 11.3 Å². The number of nitrogens with zero attached hydrogens (tertiary/aromatic N) is 1. The average molecular weight is 345 g/mol. The van der Waals surface area contributed by atoms with Crippen molar-refractivity contribution in [2.75, 3.05) is 25.5 Å². The van der Waals surface area contributed by atoms with Crippen molar-refractivity contribution in [3.63, 3.8) is 0 Å². The standard InChI is InChI=1S/C18H23N3O2S/c1-12-4-5-14(13(2)10-12)15-11-24-17(20-15)21-16(22)18(23-3)6-8-19-9-7-18/h4-5,10-11,19H,6-9H2,1-3H3,(H,20,21,22). The number of ether oxygens (including phenoxy) is 1. The van der Waals surface area contributed by atoms with E-state index in [2.05, 4.69) is 47.7 Å². The molecule has 128 valence electrons. The van der Waals surface area contributed by atoms with Crippen molar-refractivity contribution in [1.82, 2.24) is 10.3 Å². The van der Waals surface area contributed by atoms with Crippen LogP contribution in [0.3, 0.4) is 0 Å². The molecular weight excluding hydrogens is 322 g/mol. The van der Waals surface area contributed by atoms with E-state index in [1.165, 1.54) is 22.5 Å². The van der Waals surface area contributed by atoms with Gasteiger partial charge < -0.3 is 10.1 Å². The van der Waals surface area contributed by atoms with E-state index >= 15 is 0 Å². The lowest BCUT2D eigenvalue weighted by Crippen LogP contribution is -2.51. The summed E-state index contributed by atoms with van der Waals surface area (Å²) < 4.78 is 5.56. The largest absolute Gasteiger partial charge is 0.368 e. The Morgan fingerprint density at radius 3 is 2.75 bits per heavy atom. The minimum absolute atomic E-state index is 0.104. The highest BCUT2D eigenvalue weighted by atomic mass is 32.1. The first-order valence-corrected chi connectivity index (χ1v) is 9.02. The lowest BCUT2D eigenvalue weighted by Gasteiger charge is -2.34. The number of methoxy groups -OCH3 is 1. The Hall–Kier alpha value is -1.76. The Bertz CT molecular complexity index is 736. The summed E-state index contributed by atoms with van der Waals surface area (Å²) in [7, 11) is 1.61. The summed E-state index contributed by atoms with van der Waals surface area (Å²) in [6, 6.07) is 6.30. The second kappa shape index (κ2) is 7.01. The molecule has 1 amide bonds. The Kier molecular flexibility index (Phi) is 4.99. The summed E-state index contributed by atoms with van der Waals surface area (Å²) in [5.41, 5.74) is 3.65. The third-order valence-corrected chi connectivity index (χ3v) is 5.36. The molecule has 2 aromatic rings. The number of amides is 1. The van der Waals surface area contributed by atoms with E-state index in [0.717, 1.165) is 24.3 Å². The number of carbonyl (C=O) groups excluding carboxylic acids is 1. The predicted octanol–water partition coefficient (Wildman–Crippen LogP) is 3.13. The maximum Gasteiger partial charge on any atom is 0.258 e. The van der Waals surface area contributed by atoms with Crippen LogP contribution < -0.4 is 10.6 Å². The smallest absolute Gasteiger partial charge is 0.258 e. The van der Waals surface area contributed by atoms with Crippen molar-refractivity contribution in [2.24, 2.45) is 0 Å². The number of rotatable bonds is 4. The van der Waals surface area contributed by atoms with Gasteiger partial charge in [-0.1, -0.05) is 23.8 Å². The van der Waals surface area contributed by atoms with Crippen LogP contribution in [0.1, 0.15) is 24.0 Å². The highest BCUT2D eigenvalue weighted by Crippen LogP contribution is 2.30. The number of aromatic nitrogens is 1. The summed E-state index contributed by atoms with van der Waals surface area (Å²) in [5, 5.41) is 8.79. The molecule has 1 aliphatic rings. The van der Waals surface area contributed by atoms with Crippen LogP contribution >= 0.6 is 11.3 Å². The van der Waals surface area contributed by atoms with Crippen molar-refractivity contribution in [3.8, 4) is 11.3 Å². The molecule has 0 unspecified atom stereocenters. The number of anilines is 1. The second-order valence-corrected chi connectivity index (χ2v) is 7.12. The van der Waals surface area contributed by atoms with Crippen molar-refractivity contribution < 1.29 is 9.53 Å². The van der Waals surface area contributed by atoms with Gasteiger partial charge in [-0.25, -0.2) is 4.98 Å². The van der Waals surface area contributed by atoms with Crippen LogP contribution in [0.15, 0.2) is 23.6 Å². The Morgan fingerprint density at radius 2 is 2.08 bits per heavy atom. The molecule has 24 heavy (non-hydrogen) atoms. The van der Waals surface area contributed by atoms with Crippen molar-refractivity contribution in [2.45, 2.75) is 32.3 Å². The van der Waals surface area contributed by atoms with Crippen LogP contribution in [0.25, 0.3) is 11.3 Å². The summed E-state index contributed by atoms with van der Waals surface area (Å²) in [6.45, 7) is 5.72. The fourth-order valence-corrected chi connectivity index (χ4v) is 3.83. The average Bonchev–Trinajstić information content (AvgIpc) is 3.03. The van der Waals surface area contributed by atoms with Gasteiger partial charge in [-0.05, 0) is 45.3 Å². The summed E-state index contributed by atoms with van der Waals surface area (Å²) in [5.74, 6) is -0.104. The molecule has 1 saturated heterocycles. The van der Waals surface area contributed by atoms with Crippen LogP contribution in [0.4, 0.5) is 5.13 Å². The van der Waals surface area contributed by atoms with Crippen LogP contribution in [0.5, 0.6) is 0 Å². The third kappa shape index (κ3) is 3.36. The molecule has 1 aromatic carbocycles. The summed E-state index contributed by atoms with van der Waals surface area (Å²) in [4.78, 5) is 17.3. The van der Waals surface area contributed by atoms with Gasteiger partial charge in [0.2, 0.25) is 0 Å². The zero-order valence-electron chi connectivity index (χ0n) is 14.3. The molecule has 0 radical (unpaired) electrons. The summed E-state index contributed by atoms with van der Waals surface area (Å²) in [6.07, 6.45) is 1.34. The highest BCUT2D eigenvalue weighted by molar-refractivity contribution is 7.14. The minimum atomic E-state index is -0.753. The molecule has 2 N–H and O–H groups in total. The van der Waals surface area contributed by atoms with Gasteiger partial charge in [0.25, 0.3) is 5.91 Å². The normalized spacial score (nSPS) is 16.8. The van der Waals surface area contributed by atoms with Gasteiger partial charge in [0.05, 0.1) is 5.69 Å². The number of benzene rings is 1. The van der Waals surface area contributed by atoms with E-state index < -0.39 is 5.60 Å². The topological polar surface area (TPSA) is 63.2 Å². The maximum absolute atomic E-state index is 12.7. The second-order valence-electron chi connectivity index (χ2n) is 6.26. The van der Waals surface area contributed by atoms with Gasteiger partial charge in [-0.2, -0.15) is 0 Å². The molecule has 1 aromatic heterocycles. The molecule has 3 rings (SSSR count). The van der Waals surface area contributed by atoms with E-state index in [1.807, 2.05) is 5.38 Å². The van der Waals surface area contributed by atoms with E-state index in [0.29, 0.717) is 18.0 Å². The molecule has 0 bridgehead atoms. The van der Waals surface area contributed by atoms with Crippen LogP contribution in [-0.4, -0.2) is 36.7 Å². The number of piperidine rings is 1. The van der Waals surface area contributed by atoms with Gasteiger partial charge in [-0.3, -0.25) is 10.1 Å². The fourth-order valence-electron chi connectivity index (χ4n) is 3.12. The quantitative estimate of drug-likeness (QED) is 0.894. The lowest BCUT2D eigenvalue weighted by molar-refractivity contribution is -0.140. The minimum Gasteiger partial charge on any atom is -0.368 e. The molecule has 0 saturated carbocycles. The first-order chi connectivity index (χ1) is 11.5.